The van der Waals surface area contributed by atoms with Crippen molar-refractivity contribution in [3.05, 3.63) is 64.3 Å². The first-order valence-electron chi connectivity index (χ1n) is 11.0. The molecule has 1 aromatic carbocycles. The summed E-state index contributed by atoms with van der Waals surface area (Å²) in [5, 5.41) is 3.41. The highest BCUT2D eigenvalue weighted by molar-refractivity contribution is 5.88. The number of aromatic amines is 1. The molecule has 0 saturated carbocycles. The third-order valence-electron chi connectivity index (χ3n) is 6.16. The number of hydrogen-bond acceptors (Lipinski definition) is 5. The van der Waals surface area contributed by atoms with E-state index in [1.54, 1.807) is 4.68 Å². The summed E-state index contributed by atoms with van der Waals surface area (Å²) < 4.78 is 3.23. The zero-order valence-electron chi connectivity index (χ0n) is 18.7. The van der Waals surface area contributed by atoms with Crippen molar-refractivity contribution in [3.8, 4) is 22.4 Å². The van der Waals surface area contributed by atoms with Crippen LogP contribution in [-0.4, -0.2) is 44.8 Å². The van der Waals surface area contributed by atoms with Crippen LogP contribution in [0.3, 0.4) is 0 Å². The molecule has 32 heavy (non-hydrogen) atoms. The molecular formula is C24H28N7O+. The summed E-state index contributed by atoms with van der Waals surface area (Å²) in [6.45, 7) is 5.80. The second-order valence-corrected chi connectivity index (χ2v) is 8.70. The number of benzene rings is 1. The first kappa shape index (κ1) is 20.4. The van der Waals surface area contributed by atoms with E-state index in [0.29, 0.717) is 5.65 Å². The fraction of sp³-hybridized carbons (Fsp3) is 0.333. The number of rotatable bonds is 3. The van der Waals surface area contributed by atoms with Crippen LogP contribution in [0.5, 0.6) is 0 Å². The number of anilines is 1. The predicted octanol–water partition coefficient (Wildman–Crippen LogP) is 2.50. The maximum absolute atomic E-state index is 13.5. The van der Waals surface area contributed by atoms with Crippen LogP contribution in [0.2, 0.25) is 0 Å². The molecular weight excluding hydrogens is 402 g/mol. The van der Waals surface area contributed by atoms with Crippen molar-refractivity contribution in [3.63, 3.8) is 0 Å². The van der Waals surface area contributed by atoms with Crippen LogP contribution in [0.1, 0.15) is 30.3 Å². The molecule has 3 N–H and O–H groups in total. The molecule has 0 amide bonds. The maximum atomic E-state index is 13.5. The molecule has 0 bridgehead atoms. The lowest BCUT2D eigenvalue weighted by Crippen LogP contribution is -2.47. The van der Waals surface area contributed by atoms with E-state index >= 15 is 0 Å². The third-order valence-corrected chi connectivity index (χ3v) is 6.16. The molecule has 1 saturated heterocycles. The van der Waals surface area contributed by atoms with Crippen LogP contribution < -0.4 is 15.8 Å². The normalized spacial score (nSPS) is 17.2. The van der Waals surface area contributed by atoms with Crippen molar-refractivity contribution < 1.29 is 4.40 Å². The summed E-state index contributed by atoms with van der Waals surface area (Å²) in [4.78, 5) is 25.0. The van der Waals surface area contributed by atoms with E-state index in [1.165, 1.54) is 4.40 Å². The van der Waals surface area contributed by atoms with Gasteiger partial charge in [0.15, 0.2) is 0 Å². The summed E-state index contributed by atoms with van der Waals surface area (Å²) in [5.74, 6) is 0.175. The van der Waals surface area contributed by atoms with E-state index in [-0.39, 0.29) is 17.7 Å². The van der Waals surface area contributed by atoms with E-state index in [9.17, 15) is 4.79 Å². The minimum absolute atomic E-state index is 0.0643. The highest BCUT2D eigenvalue weighted by atomic mass is 16.2. The Labute approximate surface area is 186 Å². The second-order valence-electron chi connectivity index (χ2n) is 8.70. The number of aryl methyl sites for hydroxylation is 2. The van der Waals surface area contributed by atoms with Gasteiger partial charge in [-0.05, 0) is 58.0 Å². The van der Waals surface area contributed by atoms with Crippen LogP contribution in [0.15, 0.2) is 47.3 Å². The quantitative estimate of drug-likeness (QED) is 0.487. The fourth-order valence-corrected chi connectivity index (χ4v) is 4.78. The summed E-state index contributed by atoms with van der Waals surface area (Å²) in [6.07, 6.45) is 1.99. The van der Waals surface area contributed by atoms with Gasteiger partial charge in [-0.25, -0.2) is 9.89 Å². The highest BCUT2D eigenvalue weighted by Crippen LogP contribution is 2.33. The zero-order valence-corrected chi connectivity index (χ0v) is 18.7. The Bertz CT molecular complexity index is 1340. The average molecular weight is 431 g/mol. The van der Waals surface area contributed by atoms with Gasteiger partial charge in [0.1, 0.15) is 11.7 Å². The molecule has 8 nitrogen and oxygen atoms in total. The number of H-pyrrole nitrogens is 1. The van der Waals surface area contributed by atoms with Crippen molar-refractivity contribution in [2.75, 3.05) is 25.9 Å². The summed E-state index contributed by atoms with van der Waals surface area (Å²) in [7, 11) is 2.09. The Morgan fingerprint density at radius 2 is 1.81 bits per heavy atom. The van der Waals surface area contributed by atoms with Crippen LogP contribution in [0, 0.1) is 13.8 Å². The van der Waals surface area contributed by atoms with Crippen LogP contribution in [0.25, 0.3) is 28.0 Å². The summed E-state index contributed by atoms with van der Waals surface area (Å²) in [6, 6.07) is 14.1. The lowest BCUT2D eigenvalue weighted by Gasteiger charge is -2.27. The van der Waals surface area contributed by atoms with Crippen molar-refractivity contribution >= 4 is 11.6 Å². The smallest absolute Gasteiger partial charge is 0.319 e. The van der Waals surface area contributed by atoms with Gasteiger partial charge in [0.05, 0.1) is 5.56 Å². The van der Waals surface area contributed by atoms with Gasteiger partial charge in [-0.2, -0.15) is 4.68 Å². The van der Waals surface area contributed by atoms with E-state index in [2.05, 4.69) is 22.0 Å². The Balaban J connectivity index is 1.84. The van der Waals surface area contributed by atoms with Crippen molar-refractivity contribution in [2.45, 2.75) is 32.7 Å². The van der Waals surface area contributed by atoms with Gasteiger partial charge in [-0.15, -0.1) is 9.38 Å². The molecule has 5 rings (SSSR count). The van der Waals surface area contributed by atoms with Crippen LogP contribution >= 0.6 is 0 Å². The number of fused-ring (bicyclic) bond motifs is 1. The largest absolute Gasteiger partial charge is 0.428 e. The van der Waals surface area contributed by atoms with Gasteiger partial charge in [-0.1, -0.05) is 30.3 Å². The lowest BCUT2D eigenvalue weighted by molar-refractivity contribution is -0.517. The predicted molar refractivity (Wildman–Crippen MR) is 124 cm³/mol. The molecule has 0 aliphatic carbocycles. The number of nitrogen functional groups attached to an aromatic ring is 1. The SMILES string of the molecule is Cc1cc(-c2c(-c3ccccc3)nc(N)[n+]3c(=O)n(C4CCCN(C)C4)[nH]c23)cc(C)n1. The van der Waals surface area contributed by atoms with Crippen molar-refractivity contribution in [1.29, 1.82) is 0 Å². The van der Waals surface area contributed by atoms with Gasteiger partial charge in [-0.3, -0.25) is 4.98 Å². The molecule has 1 unspecified atom stereocenters. The van der Waals surface area contributed by atoms with E-state index in [1.807, 2.05) is 56.3 Å². The maximum Gasteiger partial charge on any atom is 0.428 e. The standard InChI is InChI=1S/C24H27N7O/c1-15-12-18(13-16(2)26-15)20-21(17-8-5-4-6-9-17)27-23(25)30-22(20)28-31(24(30)32)19-10-7-11-29(3)14-19/h4-6,8-9,12-13,19H,7,10-11,14H2,1-3H3,(H2,25,26,27,28)/p+1. The van der Waals surface area contributed by atoms with Gasteiger partial charge >= 0.3 is 11.6 Å². The fourth-order valence-electron chi connectivity index (χ4n) is 4.78. The van der Waals surface area contributed by atoms with E-state index in [0.717, 1.165) is 59.7 Å². The molecule has 0 spiro atoms. The number of likely N-dealkylation sites (tertiary alicyclic amines) is 1. The van der Waals surface area contributed by atoms with Gasteiger partial charge < -0.3 is 10.6 Å². The molecule has 4 heterocycles. The number of nitrogens with two attached hydrogens (primary N) is 1. The molecule has 164 valence electrons. The Morgan fingerprint density at radius 1 is 1.09 bits per heavy atom. The molecule has 4 aromatic rings. The molecule has 1 atom stereocenters. The monoisotopic (exact) mass is 430 g/mol. The first-order valence-corrected chi connectivity index (χ1v) is 11.0. The third kappa shape index (κ3) is 3.46. The summed E-state index contributed by atoms with van der Waals surface area (Å²) >= 11 is 0. The molecule has 1 aliphatic heterocycles. The van der Waals surface area contributed by atoms with Crippen LogP contribution in [-0.2, 0) is 0 Å². The van der Waals surface area contributed by atoms with Gasteiger partial charge in [0.25, 0.3) is 0 Å². The van der Waals surface area contributed by atoms with Gasteiger partial charge in [0.2, 0.25) is 5.65 Å². The summed E-state index contributed by atoms with van der Waals surface area (Å²) in [5.41, 5.74) is 12.1. The van der Waals surface area contributed by atoms with Gasteiger partial charge in [0, 0.05) is 23.5 Å². The molecule has 8 heteroatoms. The average Bonchev–Trinajstić information content (AvgIpc) is 3.11. The lowest BCUT2D eigenvalue weighted by atomic mass is 9.99. The number of aromatic nitrogens is 5. The van der Waals surface area contributed by atoms with E-state index < -0.39 is 0 Å². The van der Waals surface area contributed by atoms with Crippen LogP contribution in [0.4, 0.5) is 5.95 Å². The topological polar surface area (TPSA) is 96.9 Å². The molecule has 3 aromatic heterocycles. The number of pyridine rings is 1. The molecule has 1 aliphatic rings. The Hall–Kier alpha value is -3.52. The minimum atomic E-state index is -0.186. The molecule has 0 radical (unpaired) electrons. The van der Waals surface area contributed by atoms with Crippen molar-refractivity contribution in [1.82, 2.24) is 24.6 Å². The highest BCUT2D eigenvalue weighted by Gasteiger charge is 2.30. The Kier molecular flexibility index (Phi) is 5.01. The van der Waals surface area contributed by atoms with Crippen molar-refractivity contribution in [2.24, 2.45) is 0 Å². The first-order chi connectivity index (χ1) is 15.4. The minimum Gasteiger partial charge on any atom is -0.319 e. The number of hydrogen-bond donors (Lipinski definition) is 2. The second kappa shape index (κ2) is 7.87. The zero-order chi connectivity index (χ0) is 22.4. The number of piperidine rings is 1. The molecule has 1 fully saturated rings. The number of nitrogens with one attached hydrogen (secondary N) is 1. The number of nitrogens with zero attached hydrogens (tertiary/aromatic N) is 5. The van der Waals surface area contributed by atoms with E-state index in [4.69, 9.17) is 10.7 Å². The Morgan fingerprint density at radius 3 is 2.50 bits per heavy atom. The number of likely N-dealkylation sites (N-methyl/N-ethyl adjacent to an activating group) is 1.